The van der Waals surface area contributed by atoms with Gasteiger partial charge in [0.2, 0.25) is 0 Å². The smallest absolute Gasteiger partial charge is 0.354 e. The molecule has 1 N–H and O–H groups in total. The van der Waals surface area contributed by atoms with E-state index in [2.05, 4.69) is 14.8 Å². The zero-order valence-electron chi connectivity index (χ0n) is 12.7. The fourth-order valence-corrected chi connectivity index (χ4v) is 2.75. The molecule has 3 rings (SSSR count). The van der Waals surface area contributed by atoms with E-state index in [9.17, 15) is 9.18 Å². The van der Waals surface area contributed by atoms with E-state index in [1.54, 1.807) is 18.2 Å². The number of hydrogen-bond donors (Lipinski definition) is 1. The van der Waals surface area contributed by atoms with Crippen LogP contribution in [-0.4, -0.2) is 47.1 Å². The van der Waals surface area contributed by atoms with E-state index in [0.717, 1.165) is 31.7 Å². The number of carboxylic acids is 1. The number of aromatic nitrogens is 1. The lowest BCUT2D eigenvalue weighted by molar-refractivity contribution is 0.0690. The minimum atomic E-state index is -1.02. The van der Waals surface area contributed by atoms with Crippen molar-refractivity contribution in [2.24, 2.45) is 0 Å². The molecule has 0 spiro atoms. The number of hydrogen-bond acceptors (Lipinski definition) is 4. The Balaban J connectivity index is 1.60. The van der Waals surface area contributed by atoms with Crippen LogP contribution in [-0.2, 0) is 6.54 Å². The van der Waals surface area contributed by atoms with Crippen LogP contribution in [0.5, 0.6) is 0 Å². The molecule has 0 saturated carbocycles. The molecule has 1 aromatic heterocycles. The van der Waals surface area contributed by atoms with E-state index < -0.39 is 5.97 Å². The van der Waals surface area contributed by atoms with E-state index in [1.807, 2.05) is 12.1 Å². The highest BCUT2D eigenvalue weighted by Gasteiger charge is 2.19. The van der Waals surface area contributed by atoms with Crippen molar-refractivity contribution in [2.75, 3.05) is 31.1 Å². The maximum Gasteiger partial charge on any atom is 0.354 e. The lowest BCUT2D eigenvalue weighted by Crippen LogP contribution is -2.46. The van der Waals surface area contributed by atoms with Crippen LogP contribution < -0.4 is 4.90 Å². The largest absolute Gasteiger partial charge is 0.477 e. The van der Waals surface area contributed by atoms with Crippen molar-refractivity contribution in [1.82, 2.24) is 9.88 Å². The fourth-order valence-electron chi connectivity index (χ4n) is 2.75. The Morgan fingerprint density at radius 3 is 2.57 bits per heavy atom. The van der Waals surface area contributed by atoms with E-state index in [-0.39, 0.29) is 11.5 Å². The van der Waals surface area contributed by atoms with Crippen molar-refractivity contribution >= 4 is 11.8 Å². The van der Waals surface area contributed by atoms with E-state index in [0.29, 0.717) is 12.4 Å². The highest BCUT2D eigenvalue weighted by atomic mass is 19.1. The number of anilines is 1. The number of carbonyl (C=O) groups is 1. The third kappa shape index (κ3) is 3.84. The molecule has 0 amide bonds. The summed E-state index contributed by atoms with van der Waals surface area (Å²) in [6, 6.07) is 11.7. The zero-order chi connectivity index (χ0) is 16.2. The van der Waals surface area contributed by atoms with Crippen molar-refractivity contribution in [3.63, 3.8) is 0 Å². The zero-order valence-corrected chi connectivity index (χ0v) is 12.7. The summed E-state index contributed by atoms with van der Waals surface area (Å²) < 4.78 is 13.2. The Morgan fingerprint density at radius 2 is 1.87 bits per heavy atom. The van der Waals surface area contributed by atoms with Gasteiger partial charge in [0.25, 0.3) is 0 Å². The van der Waals surface area contributed by atoms with Crippen molar-refractivity contribution < 1.29 is 14.3 Å². The average Bonchev–Trinajstić information content (AvgIpc) is 2.56. The van der Waals surface area contributed by atoms with Crippen LogP contribution in [0.15, 0.2) is 42.5 Å². The molecule has 1 aromatic carbocycles. The van der Waals surface area contributed by atoms with Gasteiger partial charge < -0.3 is 10.0 Å². The first-order valence-corrected chi connectivity index (χ1v) is 7.54. The Bertz CT molecular complexity index is 700. The van der Waals surface area contributed by atoms with Crippen LogP contribution in [0.3, 0.4) is 0 Å². The molecule has 0 bridgehead atoms. The molecule has 1 aliphatic rings. The molecule has 6 heteroatoms. The first-order chi connectivity index (χ1) is 11.1. The number of nitrogens with zero attached hydrogens (tertiary/aromatic N) is 3. The topological polar surface area (TPSA) is 56.7 Å². The van der Waals surface area contributed by atoms with Gasteiger partial charge in [-0.1, -0.05) is 18.2 Å². The number of carboxylic acid groups (broad SMARTS) is 1. The first kappa shape index (κ1) is 15.4. The van der Waals surface area contributed by atoms with E-state index in [1.165, 1.54) is 12.1 Å². The molecular weight excluding hydrogens is 297 g/mol. The number of piperazine rings is 1. The van der Waals surface area contributed by atoms with Gasteiger partial charge in [-0.15, -0.1) is 0 Å². The van der Waals surface area contributed by atoms with E-state index >= 15 is 0 Å². The second-order valence-corrected chi connectivity index (χ2v) is 5.58. The summed E-state index contributed by atoms with van der Waals surface area (Å²) in [7, 11) is 0. The summed E-state index contributed by atoms with van der Waals surface area (Å²) in [5.74, 6) is -0.539. The second-order valence-electron chi connectivity index (χ2n) is 5.58. The molecule has 1 saturated heterocycles. The lowest BCUT2D eigenvalue weighted by atomic mass is 10.2. The third-order valence-electron chi connectivity index (χ3n) is 3.95. The molecule has 0 aliphatic carbocycles. The Morgan fingerprint density at radius 1 is 1.13 bits per heavy atom. The van der Waals surface area contributed by atoms with E-state index in [4.69, 9.17) is 5.11 Å². The van der Waals surface area contributed by atoms with Crippen molar-refractivity contribution in [3.05, 3.63) is 59.5 Å². The summed E-state index contributed by atoms with van der Waals surface area (Å²) in [5, 5.41) is 9.02. The van der Waals surface area contributed by atoms with Crippen LogP contribution in [0.4, 0.5) is 10.2 Å². The van der Waals surface area contributed by atoms with Gasteiger partial charge in [-0.3, -0.25) is 4.90 Å². The number of aromatic carboxylic acids is 1. The number of pyridine rings is 1. The molecule has 1 aliphatic heterocycles. The minimum absolute atomic E-state index is 0.0599. The van der Waals surface area contributed by atoms with Gasteiger partial charge in [-0.2, -0.15) is 0 Å². The monoisotopic (exact) mass is 315 g/mol. The summed E-state index contributed by atoms with van der Waals surface area (Å²) in [6.45, 7) is 3.91. The third-order valence-corrected chi connectivity index (χ3v) is 3.95. The summed E-state index contributed by atoms with van der Waals surface area (Å²) >= 11 is 0. The molecule has 23 heavy (non-hydrogen) atoms. The molecule has 0 unspecified atom stereocenters. The van der Waals surface area contributed by atoms with Gasteiger partial charge in [0.15, 0.2) is 5.69 Å². The van der Waals surface area contributed by atoms with Gasteiger partial charge in [0.1, 0.15) is 11.6 Å². The highest BCUT2D eigenvalue weighted by Crippen LogP contribution is 2.16. The minimum Gasteiger partial charge on any atom is -0.477 e. The van der Waals surface area contributed by atoms with Gasteiger partial charge in [-0.05, 0) is 29.8 Å². The van der Waals surface area contributed by atoms with Gasteiger partial charge in [0.05, 0.1) is 0 Å². The molecule has 0 radical (unpaired) electrons. The Labute approximate surface area is 134 Å². The fraction of sp³-hybridized carbons (Fsp3) is 0.294. The normalized spacial score (nSPS) is 15.6. The molecule has 1 fully saturated rings. The summed E-state index contributed by atoms with van der Waals surface area (Å²) in [6.07, 6.45) is 0. The molecule has 2 aromatic rings. The number of halogens is 1. The second kappa shape index (κ2) is 6.75. The van der Waals surface area contributed by atoms with Gasteiger partial charge in [0, 0.05) is 32.7 Å². The van der Waals surface area contributed by atoms with Crippen molar-refractivity contribution in [2.45, 2.75) is 6.54 Å². The number of rotatable bonds is 4. The van der Waals surface area contributed by atoms with Crippen LogP contribution in [0.25, 0.3) is 0 Å². The number of benzene rings is 1. The van der Waals surface area contributed by atoms with Gasteiger partial charge >= 0.3 is 5.97 Å². The van der Waals surface area contributed by atoms with Crippen LogP contribution in [0.2, 0.25) is 0 Å². The van der Waals surface area contributed by atoms with Crippen molar-refractivity contribution in [3.8, 4) is 0 Å². The average molecular weight is 315 g/mol. The summed E-state index contributed by atoms with van der Waals surface area (Å²) in [5.41, 5.74) is 1.02. The Kier molecular flexibility index (Phi) is 4.52. The molecule has 0 atom stereocenters. The lowest BCUT2D eigenvalue weighted by Gasteiger charge is -2.35. The predicted octanol–water partition coefficient (Wildman–Crippen LogP) is 2.24. The maximum absolute atomic E-state index is 13.2. The SMILES string of the molecule is O=C(O)c1cccc(N2CCN(Cc3cccc(F)c3)CC2)n1. The first-order valence-electron chi connectivity index (χ1n) is 7.54. The van der Waals surface area contributed by atoms with Crippen molar-refractivity contribution in [1.29, 1.82) is 0 Å². The quantitative estimate of drug-likeness (QED) is 0.938. The highest BCUT2D eigenvalue weighted by molar-refractivity contribution is 5.85. The summed E-state index contributed by atoms with van der Waals surface area (Å²) in [4.78, 5) is 19.5. The van der Waals surface area contributed by atoms with Crippen LogP contribution >= 0.6 is 0 Å². The molecule has 5 nitrogen and oxygen atoms in total. The molecule has 120 valence electrons. The van der Waals surface area contributed by atoms with Gasteiger partial charge in [-0.25, -0.2) is 14.2 Å². The molecule has 2 heterocycles. The maximum atomic E-state index is 13.2. The van der Waals surface area contributed by atoms with Crippen LogP contribution in [0.1, 0.15) is 16.1 Å². The predicted molar refractivity (Wildman–Crippen MR) is 85.1 cm³/mol. The van der Waals surface area contributed by atoms with Crippen LogP contribution in [0, 0.1) is 5.82 Å². The standard InChI is InChI=1S/C17H18FN3O2/c18-14-4-1-3-13(11-14)12-20-7-9-21(10-8-20)16-6-2-5-15(19-16)17(22)23/h1-6,11H,7-10,12H2,(H,22,23). The molecular formula is C17H18FN3O2. The Hall–Kier alpha value is -2.47.